The summed E-state index contributed by atoms with van der Waals surface area (Å²) in [4.78, 5) is 16.5. The molecule has 0 amide bonds. The molecule has 1 N–H and O–H groups in total. The molecule has 0 unspecified atom stereocenters. The number of rotatable bonds is 2. The van der Waals surface area contributed by atoms with E-state index in [2.05, 4.69) is 6.92 Å². The summed E-state index contributed by atoms with van der Waals surface area (Å²) in [7, 11) is 0. The maximum atomic E-state index is 8.25. The van der Waals surface area contributed by atoms with Crippen LogP contribution in [-0.4, -0.2) is 21.9 Å². The minimum atomic E-state index is -1.75. The summed E-state index contributed by atoms with van der Waals surface area (Å²) in [6, 6.07) is 0. The summed E-state index contributed by atoms with van der Waals surface area (Å²) >= 11 is 0. The summed E-state index contributed by atoms with van der Waals surface area (Å²) in [5, 5.41) is 37.6. The first-order valence-corrected chi connectivity index (χ1v) is 3.12. The Morgan fingerprint density at radius 1 is 1.07 bits per heavy atom. The van der Waals surface area contributed by atoms with Gasteiger partial charge in [-0.15, -0.1) is 0 Å². The van der Waals surface area contributed by atoms with Crippen LogP contribution in [0.15, 0.2) is 0 Å². The molecule has 0 spiro atoms. The van der Waals surface area contributed by atoms with Crippen molar-refractivity contribution in [2.45, 2.75) is 19.8 Å². The van der Waals surface area contributed by atoms with Crippen molar-refractivity contribution in [3.05, 3.63) is 30.6 Å². The second kappa shape index (κ2) is 22.6. The van der Waals surface area contributed by atoms with Crippen molar-refractivity contribution in [1.29, 1.82) is 0 Å². The molecule has 89 valence electrons. The maximum Gasteiger partial charge on any atom is 2.00 e. The Morgan fingerprint density at radius 3 is 1.29 bits per heavy atom. The van der Waals surface area contributed by atoms with E-state index in [0.717, 1.165) is 12.8 Å². The van der Waals surface area contributed by atoms with Gasteiger partial charge in [0, 0.05) is 6.61 Å². The molecule has 0 atom stereocenters. The van der Waals surface area contributed by atoms with E-state index in [1.807, 2.05) is 0 Å². The van der Waals surface area contributed by atoms with Gasteiger partial charge in [0.05, 0.1) is 10.2 Å². The van der Waals surface area contributed by atoms with Gasteiger partial charge in [0.25, 0.3) is 0 Å². The van der Waals surface area contributed by atoms with Gasteiger partial charge in [-0.3, -0.25) is 0 Å². The van der Waals surface area contributed by atoms with Crippen LogP contribution >= 0.6 is 0 Å². The zero-order chi connectivity index (χ0) is 11.3. The quantitative estimate of drug-likeness (QED) is 0.426. The third-order valence-electron chi connectivity index (χ3n) is 0.512. The van der Waals surface area contributed by atoms with Gasteiger partial charge in [0.2, 0.25) is 0 Å². The fourth-order valence-electron chi connectivity index (χ4n) is 0.158. The molecule has 0 aliphatic rings. The third-order valence-corrected chi connectivity index (χ3v) is 0.512. The largest absolute Gasteiger partial charge is 2.00 e. The van der Waals surface area contributed by atoms with Gasteiger partial charge >= 0.3 is 17.1 Å². The number of nitrogens with zero attached hydrogens (tertiary/aromatic N) is 2. The average Bonchev–Trinajstić information content (AvgIpc) is 1.86. The molecule has 0 aromatic heterocycles. The Labute approximate surface area is 90.0 Å². The van der Waals surface area contributed by atoms with Gasteiger partial charge in [-0.1, -0.05) is 13.3 Å². The molecule has 14 heavy (non-hydrogen) atoms. The summed E-state index contributed by atoms with van der Waals surface area (Å²) in [5.41, 5.74) is 0. The Balaban J connectivity index is -0.0000000522. The minimum absolute atomic E-state index is 0. The fraction of sp³-hybridized carbons (Fsp3) is 1.00. The minimum Gasteiger partial charge on any atom is -0.396 e. The third kappa shape index (κ3) is 1370. The Kier molecular flexibility index (Phi) is 37.3. The Morgan fingerprint density at radius 2 is 1.29 bits per heavy atom. The van der Waals surface area contributed by atoms with E-state index >= 15 is 0 Å². The number of aliphatic hydroxyl groups excluding tert-OH is 1. The summed E-state index contributed by atoms with van der Waals surface area (Å²) in [6.45, 7) is 2.40. The number of hydrogen-bond acceptors (Lipinski definition) is 7. The topological polar surface area (TPSA) is 153 Å². The van der Waals surface area contributed by atoms with Crippen LogP contribution in [-0.2, 0) is 17.1 Å². The molecule has 0 aliphatic heterocycles. The van der Waals surface area contributed by atoms with Gasteiger partial charge < -0.3 is 35.7 Å². The molecule has 0 aromatic rings. The molecular weight excluding hydrogens is 252 g/mol. The second-order valence-corrected chi connectivity index (χ2v) is 1.52. The first kappa shape index (κ1) is 23.1. The molecule has 10 heteroatoms. The van der Waals surface area contributed by atoms with Crippen LogP contribution in [0.4, 0.5) is 0 Å². The molecule has 0 aromatic carbocycles. The molecule has 0 fully saturated rings. The zero-order valence-electron chi connectivity index (χ0n) is 7.21. The van der Waals surface area contributed by atoms with Crippen molar-refractivity contribution in [2.75, 3.05) is 6.61 Å². The van der Waals surface area contributed by atoms with Gasteiger partial charge in [0.1, 0.15) is 0 Å². The van der Waals surface area contributed by atoms with Gasteiger partial charge in [-0.2, -0.15) is 0 Å². The predicted octanol–water partition coefficient (Wildman–Crippen LogP) is 0.298. The summed E-state index contributed by atoms with van der Waals surface area (Å²) in [5.74, 6) is 0. The van der Waals surface area contributed by atoms with Crippen LogP contribution in [0.5, 0.6) is 0 Å². The van der Waals surface area contributed by atoms with Crippen molar-refractivity contribution >= 4 is 0 Å². The van der Waals surface area contributed by atoms with Crippen LogP contribution in [0, 0.1) is 30.6 Å². The second-order valence-electron chi connectivity index (χ2n) is 1.52. The summed E-state index contributed by atoms with van der Waals surface area (Å²) in [6.07, 6.45) is 2.04. The molecule has 0 saturated heterocycles. The molecule has 1 radical (unpaired) electrons. The Bertz CT molecular complexity index is 111. The Hall–Kier alpha value is -1.12. The van der Waals surface area contributed by atoms with E-state index < -0.39 is 10.2 Å². The van der Waals surface area contributed by atoms with Crippen LogP contribution in [0.25, 0.3) is 0 Å². The smallest absolute Gasteiger partial charge is 0.396 e. The molecule has 0 aliphatic carbocycles. The number of unbranched alkanes of at least 4 members (excludes halogenated alkanes) is 1. The average molecular weight is 262 g/mol. The normalized spacial score (nSPS) is 6.43. The molecule has 0 bridgehead atoms. The molecule has 0 saturated carbocycles. The first-order chi connectivity index (χ1) is 5.88. The van der Waals surface area contributed by atoms with Crippen molar-refractivity contribution in [3.8, 4) is 0 Å². The van der Waals surface area contributed by atoms with E-state index in [4.69, 9.17) is 35.7 Å². The van der Waals surface area contributed by atoms with Gasteiger partial charge in [-0.05, 0) is 6.42 Å². The van der Waals surface area contributed by atoms with E-state index in [1.54, 1.807) is 0 Å². The van der Waals surface area contributed by atoms with Crippen molar-refractivity contribution in [2.24, 2.45) is 0 Å². The molecular formula is C4H10CuN2O7. The van der Waals surface area contributed by atoms with Gasteiger partial charge in [-0.25, -0.2) is 0 Å². The van der Waals surface area contributed by atoms with E-state index in [0.29, 0.717) is 6.61 Å². The number of aliphatic hydroxyl groups is 1. The van der Waals surface area contributed by atoms with Crippen LogP contribution in [0.2, 0.25) is 0 Å². The predicted molar refractivity (Wildman–Crippen MR) is 42.7 cm³/mol. The zero-order valence-corrected chi connectivity index (χ0v) is 8.16. The van der Waals surface area contributed by atoms with Crippen LogP contribution in [0.1, 0.15) is 19.8 Å². The van der Waals surface area contributed by atoms with E-state index in [9.17, 15) is 0 Å². The first-order valence-electron chi connectivity index (χ1n) is 3.12. The number of hydrogen-bond donors (Lipinski definition) is 1. The molecule has 0 heterocycles. The van der Waals surface area contributed by atoms with E-state index in [1.165, 1.54) is 0 Å². The maximum absolute atomic E-state index is 8.25. The molecule has 9 nitrogen and oxygen atoms in total. The van der Waals surface area contributed by atoms with Crippen LogP contribution < -0.4 is 0 Å². The molecule has 0 rings (SSSR count). The van der Waals surface area contributed by atoms with E-state index in [-0.39, 0.29) is 17.1 Å². The van der Waals surface area contributed by atoms with Crippen molar-refractivity contribution in [3.63, 3.8) is 0 Å². The van der Waals surface area contributed by atoms with Crippen molar-refractivity contribution in [1.82, 2.24) is 0 Å². The summed E-state index contributed by atoms with van der Waals surface area (Å²) < 4.78 is 0. The van der Waals surface area contributed by atoms with Crippen LogP contribution in [0.3, 0.4) is 0 Å². The van der Waals surface area contributed by atoms with Gasteiger partial charge in [0.15, 0.2) is 0 Å². The fourth-order valence-corrected chi connectivity index (χ4v) is 0.158. The monoisotopic (exact) mass is 261 g/mol. The van der Waals surface area contributed by atoms with Crippen molar-refractivity contribution < 1.29 is 32.3 Å². The standard InChI is InChI=1S/C4H10O.Cu.2NO3/c1-2-3-4-5;;2*2-1(3)4/h5H,2-4H2,1H3;;;/q;+2;2*-1. The SMILES string of the molecule is CCCCO.O=[N+]([O-])[O-].O=[N+]([O-])[O-].[Cu+2].